The van der Waals surface area contributed by atoms with E-state index in [1.807, 2.05) is 24.3 Å². The Morgan fingerprint density at radius 1 is 1.32 bits per heavy atom. The number of carbonyl (C=O) groups excluding carboxylic acids is 2. The van der Waals surface area contributed by atoms with Crippen molar-refractivity contribution in [2.24, 2.45) is 0 Å². The van der Waals surface area contributed by atoms with Crippen molar-refractivity contribution in [3.63, 3.8) is 0 Å². The molecule has 1 aromatic heterocycles. The molecule has 0 bridgehead atoms. The van der Waals surface area contributed by atoms with Crippen LogP contribution < -0.4 is 10.6 Å². The molecular weight excluding hydrogens is 323 g/mol. The van der Waals surface area contributed by atoms with E-state index in [0.717, 1.165) is 16.6 Å². The van der Waals surface area contributed by atoms with Crippen LogP contribution in [0.4, 0.5) is 16.0 Å². The van der Waals surface area contributed by atoms with Crippen LogP contribution >= 0.6 is 0 Å². The van der Waals surface area contributed by atoms with Gasteiger partial charge in [0.15, 0.2) is 0 Å². The van der Waals surface area contributed by atoms with Crippen LogP contribution in [0.1, 0.15) is 18.0 Å². The standard InChI is InChI=1S/C18H15FN4O2/c1-10-6-7-12(11(19)8-10)20-16(24)9-15-17(25)22-18-21-13-4-2-3-5-14(13)23(15)18/h2-8,15H,9H2,1H3,(H,20,24)(H,21,22,25)/t15-/m0/s1. The molecule has 1 atom stereocenters. The van der Waals surface area contributed by atoms with Gasteiger partial charge in [0, 0.05) is 0 Å². The number of para-hydroxylation sites is 2. The monoisotopic (exact) mass is 338 g/mol. The number of imidazole rings is 1. The van der Waals surface area contributed by atoms with Crippen LogP contribution in [0.5, 0.6) is 0 Å². The van der Waals surface area contributed by atoms with Gasteiger partial charge in [-0.25, -0.2) is 9.37 Å². The first-order valence-electron chi connectivity index (χ1n) is 7.87. The Balaban J connectivity index is 1.59. The van der Waals surface area contributed by atoms with Crippen molar-refractivity contribution >= 4 is 34.5 Å². The van der Waals surface area contributed by atoms with Crippen molar-refractivity contribution in [3.8, 4) is 0 Å². The van der Waals surface area contributed by atoms with Gasteiger partial charge in [-0.3, -0.25) is 19.5 Å². The third-order valence-electron chi connectivity index (χ3n) is 4.22. The summed E-state index contributed by atoms with van der Waals surface area (Å²) in [5, 5.41) is 5.21. The molecule has 0 saturated carbocycles. The molecule has 6 nitrogen and oxygen atoms in total. The summed E-state index contributed by atoms with van der Waals surface area (Å²) in [7, 11) is 0. The topological polar surface area (TPSA) is 76.0 Å². The molecule has 3 aromatic rings. The van der Waals surface area contributed by atoms with Crippen LogP contribution in [-0.2, 0) is 9.59 Å². The molecule has 4 rings (SSSR count). The van der Waals surface area contributed by atoms with E-state index in [2.05, 4.69) is 15.6 Å². The number of benzene rings is 2. The van der Waals surface area contributed by atoms with Crippen LogP contribution in [0.15, 0.2) is 42.5 Å². The van der Waals surface area contributed by atoms with Crippen molar-refractivity contribution in [2.75, 3.05) is 10.6 Å². The zero-order chi connectivity index (χ0) is 17.6. The molecular formula is C18H15FN4O2. The van der Waals surface area contributed by atoms with Gasteiger partial charge in [0.2, 0.25) is 17.8 Å². The number of aromatic nitrogens is 2. The van der Waals surface area contributed by atoms with Gasteiger partial charge in [0.1, 0.15) is 11.9 Å². The number of hydrogen-bond donors (Lipinski definition) is 2. The number of aryl methyl sites for hydroxylation is 1. The Hall–Kier alpha value is -3.22. The highest BCUT2D eigenvalue weighted by atomic mass is 19.1. The van der Waals surface area contributed by atoms with Crippen LogP contribution in [0.3, 0.4) is 0 Å². The van der Waals surface area contributed by atoms with Gasteiger partial charge in [-0.15, -0.1) is 0 Å². The molecule has 0 spiro atoms. The summed E-state index contributed by atoms with van der Waals surface area (Å²) in [6.45, 7) is 1.77. The number of halogens is 1. The summed E-state index contributed by atoms with van der Waals surface area (Å²) in [6, 6.07) is 11.2. The van der Waals surface area contributed by atoms with Gasteiger partial charge >= 0.3 is 0 Å². The number of fused-ring (bicyclic) bond motifs is 3. The second-order valence-electron chi connectivity index (χ2n) is 6.03. The third-order valence-corrected chi connectivity index (χ3v) is 4.22. The molecule has 0 radical (unpaired) electrons. The second-order valence-corrected chi connectivity index (χ2v) is 6.03. The minimum Gasteiger partial charge on any atom is -0.324 e. The molecule has 25 heavy (non-hydrogen) atoms. The van der Waals surface area contributed by atoms with Crippen molar-refractivity contribution < 1.29 is 14.0 Å². The molecule has 7 heteroatoms. The van der Waals surface area contributed by atoms with E-state index < -0.39 is 17.8 Å². The predicted molar refractivity (Wildman–Crippen MR) is 91.8 cm³/mol. The Morgan fingerprint density at radius 2 is 2.12 bits per heavy atom. The van der Waals surface area contributed by atoms with Crippen molar-refractivity contribution in [1.29, 1.82) is 0 Å². The first-order valence-corrected chi connectivity index (χ1v) is 7.87. The minimum absolute atomic E-state index is 0.102. The van der Waals surface area contributed by atoms with E-state index >= 15 is 0 Å². The normalized spacial score (nSPS) is 15.9. The molecule has 1 aliphatic rings. The summed E-state index contributed by atoms with van der Waals surface area (Å²) in [6.07, 6.45) is -0.105. The highest BCUT2D eigenvalue weighted by Crippen LogP contribution is 2.32. The van der Waals surface area contributed by atoms with Gasteiger partial charge in [-0.05, 0) is 36.8 Å². The summed E-state index contributed by atoms with van der Waals surface area (Å²) in [5.41, 5.74) is 2.38. The number of carbonyl (C=O) groups is 2. The fourth-order valence-corrected chi connectivity index (χ4v) is 3.04. The van der Waals surface area contributed by atoms with Gasteiger partial charge < -0.3 is 5.32 Å². The quantitative estimate of drug-likeness (QED) is 0.771. The fraction of sp³-hybridized carbons (Fsp3) is 0.167. The van der Waals surface area contributed by atoms with Crippen LogP contribution in [0, 0.1) is 12.7 Å². The Labute approximate surface area is 142 Å². The van der Waals surface area contributed by atoms with E-state index in [-0.39, 0.29) is 18.0 Å². The summed E-state index contributed by atoms with van der Waals surface area (Å²) in [5.74, 6) is -0.815. The van der Waals surface area contributed by atoms with E-state index in [1.165, 1.54) is 12.1 Å². The zero-order valence-electron chi connectivity index (χ0n) is 13.4. The number of nitrogens with zero attached hydrogens (tertiary/aromatic N) is 2. The minimum atomic E-state index is -0.712. The summed E-state index contributed by atoms with van der Waals surface area (Å²) < 4.78 is 15.6. The van der Waals surface area contributed by atoms with Gasteiger partial charge in [-0.1, -0.05) is 18.2 Å². The van der Waals surface area contributed by atoms with E-state index in [1.54, 1.807) is 17.6 Å². The fourth-order valence-electron chi connectivity index (χ4n) is 3.04. The summed E-state index contributed by atoms with van der Waals surface area (Å²) in [4.78, 5) is 28.9. The van der Waals surface area contributed by atoms with Gasteiger partial charge in [0.25, 0.3) is 0 Å². The molecule has 126 valence electrons. The lowest BCUT2D eigenvalue weighted by Gasteiger charge is -2.12. The zero-order valence-corrected chi connectivity index (χ0v) is 13.4. The molecule has 0 unspecified atom stereocenters. The number of amides is 2. The third kappa shape index (κ3) is 2.63. The molecule has 2 N–H and O–H groups in total. The van der Waals surface area contributed by atoms with Crippen molar-refractivity contribution in [1.82, 2.24) is 9.55 Å². The molecule has 1 aliphatic heterocycles. The SMILES string of the molecule is Cc1ccc(NC(=O)C[C@H]2C(=O)Nc3nc4ccccc4n32)c(F)c1. The van der Waals surface area contributed by atoms with Gasteiger partial charge in [-0.2, -0.15) is 0 Å². The average molecular weight is 338 g/mol. The largest absolute Gasteiger partial charge is 0.324 e. The highest BCUT2D eigenvalue weighted by molar-refractivity contribution is 6.03. The lowest BCUT2D eigenvalue weighted by molar-refractivity contribution is -0.123. The molecule has 2 amide bonds. The number of hydrogen-bond acceptors (Lipinski definition) is 3. The predicted octanol–water partition coefficient (Wildman–Crippen LogP) is 3.01. The van der Waals surface area contributed by atoms with Crippen molar-refractivity contribution in [2.45, 2.75) is 19.4 Å². The average Bonchev–Trinajstić information content (AvgIpc) is 3.06. The smallest absolute Gasteiger partial charge is 0.250 e. The highest BCUT2D eigenvalue weighted by Gasteiger charge is 2.34. The lowest BCUT2D eigenvalue weighted by Crippen LogP contribution is -2.23. The molecule has 2 heterocycles. The van der Waals surface area contributed by atoms with Crippen LogP contribution in [0.25, 0.3) is 11.0 Å². The maximum atomic E-state index is 13.9. The summed E-state index contributed by atoms with van der Waals surface area (Å²) >= 11 is 0. The van der Waals surface area contributed by atoms with E-state index in [0.29, 0.717) is 5.95 Å². The van der Waals surface area contributed by atoms with Crippen LogP contribution in [0.2, 0.25) is 0 Å². The Kier molecular flexibility index (Phi) is 3.49. The Morgan fingerprint density at radius 3 is 2.92 bits per heavy atom. The first-order chi connectivity index (χ1) is 12.0. The number of anilines is 2. The maximum Gasteiger partial charge on any atom is 0.250 e. The molecule has 2 aromatic carbocycles. The molecule has 0 aliphatic carbocycles. The van der Waals surface area contributed by atoms with Gasteiger partial charge in [0.05, 0.1) is 23.1 Å². The first kappa shape index (κ1) is 15.3. The van der Waals surface area contributed by atoms with E-state index in [4.69, 9.17) is 0 Å². The number of nitrogens with one attached hydrogen (secondary N) is 2. The van der Waals surface area contributed by atoms with Crippen LogP contribution in [-0.4, -0.2) is 21.4 Å². The number of rotatable bonds is 3. The second kappa shape index (κ2) is 5.70. The maximum absolute atomic E-state index is 13.9. The van der Waals surface area contributed by atoms with E-state index in [9.17, 15) is 14.0 Å². The van der Waals surface area contributed by atoms with Crippen molar-refractivity contribution in [3.05, 3.63) is 53.8 Å². The molecule has 0 saturated heterocycles. The lowest BCUT2D eigenvalue weighted by atomic mass is 10.1. The molecule has 0 fully saturated rings. The Bertz CT molecular complexity index is 1010.